The van der Waals surface area contributed by atoms with Gasteiger partial charge in [-0.3, -0.25) is 19.9 Å². The minimum atomic E-state index is -0.204. The van der Waals surface area contributed by atoms with Gasteiger partial charge in [0.2, 0.25) is 0 Å². The number of morpholine rings is 1. The average molecular weight is 1060 g/mol. The van der Waals surface area contributed by atoms with Crippen LogP contribution in [0.4, 0.5) is 0 Å². The first-order valence-corrected chi connectivity index (χ1v) is 22.6. The number of nitrogens with one attached hydrogen (secondary N) is 1. The lowest BCUT2D eigenvalue weighted by Crippen LogP contribution is -2.45. The van der Waals surface area contributed by atoms with E-state index in [2.05, 4.69) is 90.3 Å². The molecule has 6 aromatic rings. The van der Waals surface area contributed by atoms with Gasteiger partial charge in [-0.15, -0.1) is 0 Å². The summed E-state index contributed by atoms with van der Waals surface area (Å²) in [5, 5.41) is 8.70. The number of nitrogens with zero attached hydrogens (tertiary/aromatic N) is 5. The van der Waals surface area contributed by atoms with Crippen LogP contribution in [0.2, 0.25) is 10.0 Å². The number of ether oxygens (including phenoxy) is 2. The molecule has 308 valence electrons. The van der Waals surface area contributed by atoms with E-state index in [9.17, 15) is 9.59 Å². The smallest absolute Gasteiger partial charge is 0.286 e. The summed E-state index contributed by atoms with van der Waals surface area (Å²) in [6, 6.07) is 27.1. The fraction of sp³-hybridized carbons (Fsp3) is 0.311. The van der Waals surface area contributed by atoms with Crippen LogP contribution in [0.25, 0.3) is 27.8 Å². The van der Waals surface area contributed by atoms with E-state index < -0.39 is 0 Å². The zero-order valence-corrected chi connectivity index (χ0v) is 39.1. The Hall–Kier alpha value is -3.51. The number of hydrogen-bond donors (Lipinski definition) is 1. The summed E-state index contributed by atoms with van der Waals surface area (Å²) in [5.41, 5.74) is 10.3. The quantitative estimate of drug-likeness (QED) is 0.108. The number of aromatic nitrogens is 3. The highest BCUT2D eigenvalue weighted by molar-refractivity contribution is 14.1. The molecule has 1 amide bonds. The van der Waals surface area contributed by atoms with E-state index >= 15 is 0 Å². The number of carbonyl (C=O) groups is 2. The Morgan fingerprint density at radius 3 is 2.20 bits per heavy atom. The molecule has 10 nitrogen and oxygen atoms in total. The lowest BCUT2D eigenvalue weighted by molar-refractivity contribution is 0.0365. The molecular formula is C45H46Cl2I2N6O4. The van der Waals surface area contributed by atoms with Crippen LogP contribution in [0, 0.1) is 21.0 Å². The van der Waals surface area contributed by atoms with E-state index in [1.807, 2.05) is 66.5 Å². The summed E-state index contributed by atoms with van der Waals surface area (Å²) in [6.07, 6.45) is 3.37. The molecule has 2 aromatic heterocycles. The largest absolute Gasteiger partial charge is 0.497 e. The molecule has 0 aliphatic carbocycles. The molecule has 0 bridgehead atoms. The van der Waals surface area contributed by atoms with Crippen LogP contribution in [0.15, 0.2) is 84.9 Å². The molecule has 0 spiro atoms. The third-order valence-electron chi connectivity index (χ3n) is 10.8. The second-order valence-electron chi connectivity index (χ2n) is 14.6. The number of hydrogen-bond acceptors (Lipinski definition) is 7. The second-order valence-corrected chi connectivity index (χ2v) is 17.9. The van der Waals surface area contributed by atoms with Crippen molar-refractivity contribution in [2.75, 3.05) is 53.0 Å². The number of fused-ring (bicyclic) bond motifs is 1. The van der Waals surface area contributed by atoms with Gasteiger partial charge in [-0.05, 0) is 139 Å². The Morgan fingerprint density at radius 1 is 0.831 bits per heavy atom. The SMILES string of the molecule is COc1ccc(C(=O)c2c(C)n(CCN3CCOCC3)c3cc(I)ccc23)cc1.Cc1c(C(=O)NN2CCCCC2)nn(-c2ccc(Cl)cc2Cl)c1-c1ccc(I)cc1. The molecular weight excluding hydrogens is 1010 g/mol. The zero-order chi connectivity index (χ0) is 41.6. The summed E-state index contributed by atoms with van der Waals surface area (Å²) in [6.45, 7) is 11.0. The summed E-state index contributed by atoms with van der Waals surface area (Å²) in [5.74, 6) is 0.604. The Morgan fingerprint density at radius 2 is 1.53 bits per heavy atom. The zero-order valence-electron chi connectivity index (χ0n) is 33.2. The van der Waals surface area contributed by atoms with Crippen LogP contribution in [-0.2, 0) is 11.3 Å². The van der Waals surface area contributed by atoms with E-state index in [1.165, 1.54) is 9.99 Å². The monoisotopic (exact) mass is 1060 g/mol. The maximum atomic E-state index is 13.4. The van der Waals surface area contributed by atoms with Crippen LogP contribution in [0.3, 0.4) is 0 Å². The van der Waals surface area contributed by atoms with Crippen molar-refractivity contribution in [2.45, 2.75) is 39.7 Å². The highest BCUT2D eigenvalue weighted by Crippen LogP contribution is 2.34. The van der Waals surface area contributed by atoms with Gasteiger partial charge in [0.25, 0.3) is 5.91 Å². The normalized spacial score (nSPS) is 14.8. The van der Waals surface area contributed by atoms with Crippen LogP contribution >= 0.6 is 68.4 Å². The Kier molecular flexibility index (Phi) is 14.7. The van der Waals surface area contributed by atoms with E-state index in [1.54, 1.807) is 23.9 Å². The van der Waals surface area contributed by atoms with Gasteiger partial charge in [-0.25, -0.2) is 9.69 Å². The molecule has 0 radical (unpaired) electrons. The highest BCUT2D eigenvalue weighted by atomic mass is 127. The van der Waals surface area contributed by atoms with Crippen molar-refractivity contribution in [3.63, 3.8) is 0 Å². The average Bonchev–Trinajstić information content (AvgIpc) is 3.73. The molecule has 1 N–H and O–H groups in total. The molecule has 14 heteroatoms. The molecule has 2 aliphatic rings. The summed E-state index contributed by atoms with van der Waals surface area (Å²) >= 11 is 17.2. The molecule has 2 aliphatic heterocycles. The second kappa shape index (κ2) is 19.9. The van der Waals surface area contributed by atoms with Crippen molar-refractivity contribution in [1.29, 1.82) is 0 Å². The molecule has 2 saturated heterocycles. The summed E-state index contributed by atoms with van der Waals surface area (Å²) in [4.78, 5) is 28.9. The van der Waals surface area contributed by atoms with E-state index in [0.29, 0.717) is 27.0 Å². The number of ketones is 1. The third-order valence-corrected chi connectivity index (χ3v) is 12.7. The van der Waals surface area contributed by atoms with Crippen LogP contribution < -0.4 is 10.2 Å². The van der Waals surface area contributed by atoms with Gasteiger partial charge in [0.1, 0.15) is 5.75 Å². The third kappa shape index (κ3) is 10.2. The molecule has 2 fully saturated rings. The predicted molar refractivity (Wildman–Crippen MR) is 252 cm³/mol. The topological polar surface area (TPSA) is 93.9 Å². The van der Waals surface area contributed by atoms with Crippen LogP contribution in [0.5, 0.6) is 5.75 Å². The van der Waals surface area contributed by atoms with Crippen molar-refractivity contribution in [2.24, 2.45) is 0 Å². The molecule has 8 rings (SSSR count). The summed E-state index contributed by atoms with van der Waals surface area (Å²) < 4.78 is 17.0. The Labute approximate surface area is 382 Å². The number of piperidine rings is 1. The lowest BCUT2D eigenvalue weighted by atomic mass is 10.0. The van der Waals surface area contributed by atoms with E-state index in [4.69, 9.17) is 32.7 Å². The summed E-state index contributed by atoms with van der Waals surface area (Å²) in [7, 11) is 1.63. The maximum absolute atomic E-state index is 13.4. The highest BCUT2D eigenvalue weighted by Gasteiger charge is 2.26. The van der Waals surface area contributed by atoms with Crippen molar-refractivity contribution in [1.82, 2.24) is 29.7 Å². The number of rotatable bonds is 10. The number of halogens is 4. The predicted octanol–water partition coefficient (Wildman–Crippen LogP) is 10.0. The minimum absolute atomic E-state index is 0.0569. The van der Waals surface area contributed by atoms with Crippen LogP contribution in [0.1, 0.15) is 56.9 Å². The van der Waals surface area contributed by atoms with Gasteiger partial charge in [-0.1, -0.05) is 47.8 Å². The first-order valence-electron chi connectivity index (χ1n) is 19.7. The van der Waals surface area contributed by atoms with E-state index in [-0.39, 0.29) is 11.7 Å². The number of hydrazine groups is 1. The van der Waals surface area contributed by atoms with Gasteiger partial charge in [-0.2, -0.15) is 5.10 Å². The first-order chi connectivity index (χ1) is 28.5. The number of benzene rings is 4. The van der Waals surface area contributed by atoms with Gasteiger partial charge < -0.3 is 14.0 Å². The van der Waals surface area contributed by atoms with Gasteiger partial charge in [0, 0.05) is 79.2 Å². The van der Waals surface area contributed by atoms with E-state index in [0.717, 1.165) is 114 Å². The van der Waals surface area contributed by atoms with Crippen molar-refractivity contribution in [3.05, 3.63) is 130 Å². The molecule has 0 unspecified atom stereocenters. The number of methoxy groups -OCH3 is 1. The van der Waals surface area contributed by atoms with Gasteiger partial charge >= 0.3 is 0 Å². The molecule has 4 aromatic carbocycles. The van der Waals surface area contributed by atoms with Crippen molar-refractivity contribution < 1.29 is 19.1 Å². The Bertz CT molecular complexity index is 2440. The molecule has 0 saturated carbocycles. The number of carbonyl (C=O) groups excluding carboxylic acids is 2. The van der Waals surface area contributed by atoms with Gasteiger partial charge in [0.05, 0.1) is 47.8 Å². The molecule has 4 heterocycles. The lowest BCUT2D eigenvalue weighted by Gasteiger charge is -2.27. The molecule has 59 heavy (non-hydrogen) atoms. The minimum Gasteiger partial charge on any atom is -0.497 e. The first kappa shape index (κ1) is 43.6. The fourth-order valence-corrected chi connectivity index (χ4v) is 8.99. The number of amides is 1. The molecule has 0 atom stereocenters. The fourth-order valence-electron chi connectivity index (χ4n) is 7.67. The van der Waals surface area contributed by atoms with Crippen LogP contribution in [-0.4, -0.2) is 89.0 Å². The standard InChI is InChI=1S/C23H25IN2O3.C22H21Cl2IN4O/c1-16-22(23(27)17-3-6-19(28-2)7-4-17)20-8-5-18(24)15-21(20)26(16)10-9-25-11-13-29-14-12-25;1-14-20(22(30)27-28-11-3-2-4-12-28)26-29(19-10-7-16(23)13-18(19)24)21(14)15-5-8-17(25)9-6-15/h3-8,15H,9-14H2,1-2H3;5-10,13H,2-4,11-12H2,1H3,(H,27,30). The maximum Gasteiger partial charge on any atom is 0.286 e. The Balaban J connectivity index is 0.000000179. The van der Waals surface area contributed by atoms with Crippen molar-refractivity contribution >= 4 is 91.0 Å². The van der Waals surface area contributed by atoms with Gasteiger partial charge in [0.15, 0.2) is 11.5 Å². The van der Waals surface area contributed by atoms with Crippen molar-refractivity contribution in [3.8, 4) is 22.7 Å².